The zero-order chi connectivity index (χ0) is 16.6. The number of carboxylic acid groups (broad SMARTS) is 1. The number of carboxylic acids is 1. The molecule has 1 aromatic rings. The van der Waals surface area contributed by atoms with Gasteiger partial charge in [-0.25, -0.2) is 4.79 Å². The lowest BCUT2D eigenvalue weighted by molar-refractivity contribution is -0.137. The highest BCUT2D eigenvalue weighted by Crippen LogP contribution is 2.11. The summed E-state index contributed by atoms with van der Waals surface area (Å²) < 4.78 is 0. The first-order chi connectivity index (χ1) is 10.3. The van der Waals surface area contributed by atoms with E-state index in [1.54, 1.807) is 0 Å². The molecule has 0 aliphatic rings. The molecular formula is C17H26N2O3. The molecule has 0 bridgehead atoms. The van der Waals surface area contributed by atoms with Gasteiger partial charge in [-0.05, 0) is 23.8 Å². The summed E-state index contributed by atoms with van der Waals surface area (Å²) >= 11 is 0. The first-order valence-corrected chi connectivity index (χ1v) is 7.56. The van der Waals surface area contributed by atoms with Gasteiger partial charge in [-0.3, -0.25) is 4.79 Å². The third-order valence-electron chi connectivity index (χ3n) is 3.15. The Morgan fingerprint density at radius 3 is 2.36 bits per heavy atom. The summed E-state index contributed by atoms with van der Waals surface area (Å²) in [6, 6.07) is 9.30. The van der Waals surface area contributed by atoms with Crippen LogP contribution in [0.25, 0.3) is 0 Å². The molecule has 5 heteroatoms. The number of urea groups is 1. The van der Waals surface area contributed by atoms with Crippen LogP contribution in [0.3, 0.4) is 0 Å². The summed E-state index contributed by atoms with van der Waals surface area (Å²) in [6.07, 6.45) is 1.07. The van der Waals surface area contributed by atoms with Gasteiger partial charge in [0.25, 0.3) is 0 Å². The zero-order valence-corrected chi connectivity index (χ0v) is 13.6. The zero-order valence-electron chi connectivity index (χ0n) is 13.6. The average Bonchev–Trinajstić information content (AvgIpc) is 2.43. The second-order valence-electron chi connectivity index (χ2n) is 6.71. The molecule has 2 amide bonds. The minimum absolute atomic E-state index is 0.00727. The number of benzene rings is 1. The van der Waals surface area contributed by atoms with Crippen LogP contribution in [0.1, 0.15) is 39.2 Å². The first-order valence-electron chi connectivity index (χ1n) is 7.56. The van der Waals surface area contributed by atoms with Gasteiger partial charge >= 0.3 is 12.0 Å². The van der Waals surface area contributed by atoms with Crippen molar-refractivity contribution in [3.8, 4) is 0 Å². The van der Waals surface area contributed by atoms with Gasteiger partial charge in [-0.1, -0.05) is 51.1 Å². The minimum Gasteiger partial charge on any atom is -0.481 e. The summed E-state index contributed by atoms with van der Waals surface area (Å²) in [4.78, 5) is 22.7. The second-order valence-corrected chi connectivity index (χ2v) is 6.71. The lowest BCUT2D eigenvalue weighted by Gasteiger charge is -2.22. The van der Waals surface area contributed by atoms with Crippen molar-refractivity contribution in [1.29, 1.82) is 0 Å². The van der Waals surface area contributed by atoms with E-state index < -0.39 is 5.97 Å². The summed E-state index contributed by atoms with van der Waals surface area (Å²) in [5.74, 6) is -0.852. The van der Waals surface area contributed by atoms with E-state index in [0.29, 0.717) is 19.4 Å². The molecular weight excluding hydrogens is 280 g/mol. The second kappa shape index (κ2) is 8.41. The van der Waals surface area contributed by atoms with E-state index in [9.17, 15) is 9.59 Å². The highest BCUT2D eigenvalue weighted by atomic mass is 16.4. The Balaban J connectivity index is 2.57. The van der Waals surface area contributed by atoms with Crippen LogP contribution in [0.4, 0.5) is 4.79 Å². The lowest BCUT2D eigenvalue weighted by Crippen LogP contribution is -2.45. The average molecular weight is 306 g/mol. The van der Waals surface area contributed by atoms with Crippen molar-refractivity contribution in [1.82, 2.24) is 10.6 Å². The third-order valence-corrected chi connectivity index (χ3v) is 3.15. The molecule has 1 rings (SSSR count). The molecule has 1 aromatic carbocycles. The molecule has 0 saturated heterocycles. The van der Waals surface area contributed by atoms with Crippen LogP contribution in [-0.4, -0.2) is 29.7 Å². The van der Waals surface area contributed by atoms with Gasteiger partial charge < -0.3 is 15.7 Å². The molecule has 1 unspecified atom stereocenters. The number of hydrogen-bond acceptors (Lipinski definition) is 2. The van der Waals surface area contributed by atoms with Crippen molar-refractivity contribution in [2.45, 2.75) is 46.1 Å². The van der Waals surface area contributed by atoms with Crippen molar-refractivity contribution in [3.63, 3.8) is 0 Å². The van der Waals surface area contributed by atoms with Crippen LogP contribution in [0.15, 0.2) is 30.3 Å². The fourth-order valence-electron chi connectivity index (χ4n) is 2.00. The van der Waals surface area contributed by atoms with Crippen molar-refractivity contribution in [3.05, 3.63) is 35.9 Å². The maximum atomic E-state index is 12.0. The highest BCUT2D eigenvalue weighted by Gasteiger charge is 2.16. The SMILES string of the molecule is CC(C)(C)CNC(=O)NC(CCC(=O)O)Cc1ccccc1. The number of rotatable bonds is 7. The Morgan fingerprint density at radius 1 is 1.18 bits per heavy atom. The number of hydrogen-bond donors (Lipinski definition) is 3. The molecule has 122 valence electrons. The van der Waals surface area contributed by atoms with Gasteiger partial charge in [0.15, 0.2) is 0 Å². The van der Waals surface area contributed by atoms with Crippen LogP contribution in [0, 0.1) is 5.41 Å². The molecule has 0 spiro atoms. The summed E-state index contributed by atoms with van der Waals surface area (Å²) in [7, 11) is 0. The predicted octanol–water partition coefficient (Wildman–Crippen LogP) is 2.81. The lowest BCUT2D eigenvalue weighted by atomic mass is 9.97. The van der Waals surface area contributed by atoms with Crippen molar-refractivity contribution in [2.75, 3.05) is 6.54 Å². The molecule has 0 aliphatic heterocycles. The predicted molar refractivity (Wildman–Crippen MR) is 86.8 cm³/mol. The Bertz CT molecular complexity index is 480. The maximum Gasteiger partial charge on any atom is 0.315 e. The quantitative estimate of drug-likeness (QED) is 0.725. The number of carbonyl (C=O) groups excluding carboxylic acids is 1. The molecule has 22 heavy (non-hydrogen) atoms. The molecule has 0 fully saturated rings. The van der Waals surface area contributed by atoms with Crippen molar-refractivity contribution >= 4 is 12.0 Å². The molecule has 0 aromatic heterocycles. The standard InChI is InChI=1S/C17H26N2O3/c1-17(2,3)12-18-16(22)19-14(9-10-15(20)21)11-13-7-5-4-6-8-13/h4-8,14H,9-12H2,1-3H3,(H,20,21)(H2,18,19,22). The van der Waals surface area contributed by atoms with E-state index >= 15 is 0 Å². The molecule has 0 heterocycles. The molecule has 0 radical (unpaired) electrons. The Kier molecular flexibility index (Phi) is 6.89. The molecule has 0 saturated carbocycles. The summed E-state index contributed by atoms with van der Waals surface area (Å²) in [5, 5.41) is 14.6. The highest BCUT2D eigenvalue weighted by molar-refractivity contribution is 5.74. The molecule has 1 atom stereocenters. The van der Waals surface area contributed by atoms with Crippen molar-refractivity contribution < 1.29 is 14.7 Å². The Morgan fingerprint density at radius 2 is 1.82 bits per heavy atom. The minimum atomic E-state index is -0.852. The first kappa shape index (κ1) is 18.0. The Labute approximate surface area is 132 Å². The molecule has 3 N–H and O–H groups in total. The summed E-state index contributed by atoms with van der Waals surface area (Å²) in [6.45, 7) is 6.69. The van der Waals surface area contributed by atoms with E-state index in [1.165, 1.54) is 0 Å². The van der Waals surface area contributed by atoms with Gasteiger partial charge in [0.05, 0.1) is 0 Å². The topological polar surface area (TPSA) is 78.4 Å². The number of nitrogens with one attached hydrogen (secondary N) is 2. The molecule has 0 aliphatic carbocycles. The van der Waals surface area contributed by atoms with Crippen LogP contribution in [0.5, 0.6) is 0 Å². The summed E-state index contributed by atoms with van der Waals surface area (Å²) in [5.41, 5.74) is 1.09. The van der Waals surface area contributed by atoms with E-state index in [2.05, 4.69) is 10.6 Å². The smallest absolute Gasteiger partial charge is 0.315 e. The normalized spacial score (nSPS) is 12.5. The van der Waals surface area contributed by atoms with E-state index in [0.717, 1.165) is 5.56 Å². The number of amides is 2. The van der Waals surface area contributed by atoms with Gasteiger partial charge in [0.2, 0.25) is 0 Å². The van der Waals surface area contributed by atoms with E-state index in [4.69, 9.17) is 5.11 Å². The maximum absolute atomic E-state index is 12.0. The monoisotopic (exact) mass is 306 g/mol. The van der Waals surface area contributed by atoms with Crippen LogP contribution >= 0.6 is 0 Å². The largest absolute Gasteiger partial charge is 0.481 e. The number of aliphatic carboxylic acids is 1. The fraction of sp³-hybridized carbons (Fsp3) is 0.529. The van der Waals surface area contributed by atoms with Crippen LogP contribution in [-0.2, 0) is 11.2 Å². The molecule has 5 nitrogen and oxygen atoms in total. The van der Waals surface area contributed by atoms with Crippen LogP contribution in [0.2, 0.25) is 0 Å². The fourth-order valence-corrected chi connectivity index (χ4v) is 2.00. The van der Waals surface area contributed by atoms with Gasteiger partial charge in [-0.15, -0.1) is 0 Å². The van der Waals surface area contributed by atoms with E-state index in [1.807, 2.05) is 51.1 Å². The van der Waals surface area contributed by atoms with Gasteiger partial charge in [0, 0.05) is 19.0 Å². The van der Waals surface area contributed by atoms with E-state index in [-0.39, 0.29) is 23.9 Å². The van der Waals surface area contributed by atoms with Gasteiger partial charge in [0.1, 0.15) is 0 Å². The third kappa shape index (κ3) is 8.29. The van der Waals surface area contributed by atoms with Crippen LogP contribution < -0.4 is 10.6 Å². The number of carbonyl (C=O) groups is 2. The Hall–Kier alpha value is -2.04. The van der Waals surface area contributed by atoms with Crippen molar-refractivity contribution in [2.24, 2.45) is 5.41 Å². The van der Waals surface area contributed by atoms with Gasteiger partial charge in [-0.2, -0.15) is 0 Å².